The first-order valence-electron chi connectivity index (χ1n) is 11.8. The molecule has 1 fully saturated rings. The summed E-state index contributed by atoms with van der Waals surface area (Å²) in [5.74, 6) is 0.713. The molecule has 1 amide bonds. The van der Waals surface area contributed by atoms with Gasteiger partial charge in [0.25, 0.3) is 5.91 Å². The number of ether oxygens (including phenoxy) is 1. The monoisotopic (exact) mass is 511 g/mol. The first-order chi connectivity index (χ1) is 17.6. The van der Waals surface area contributed by atoms with Gasteiger partial charge in [-0.05, 0) is 49.2 Å². The smallest absolute Gasteiger partial charge is 0.266 e. The minimum absolute atomic E-state index is 0.0672. The van der Waals surface area contributed by atoms with Crippen molar-refractivity contribution in [3.63, 3.8) is 0 Å². The van der Waals surface area contributed by atoms with Gasteiger partial charge in [-0.15, -0.1) is 0 Å². The molecule has 1 aliphatic heterocycles. The van der Waals surface area contributed by atoms with E-state index in [0.29, 0.717) is 22.4 Å². The third kappa shape index (κ3) is 5.27. The number of para-hydroxylation sites is 1. The highest BCUT2D eigenvalue weighted by atomic mass is 32.2. The molecular weight excluding hydrogens is 486 g/mol. The Bertz CT molecular complexity index is 1410. The third-order valence-electron chi connectivity index (χ3n) is 5.81. The van der Waals surface area contributed by atoms with Crippen molar-refractivity contribution < 1.29 is 9.53 Å². The normalized spacial score (nSPS) is 14.6. The summed E-state index contributed by atoms with van der Waals surface area (Å²) >= 11 is 6.91. The van der Waals surface area contributed by atoms with E-state index in [4.69, 9.17) is 22.1 Å². The number of benzene rings is 3. The lowest BCUT2D eigenvalue weighted by Gasteiger charge is -2.14. The molecule has 5 nitrogen and oxygen atoms in total. The Labute approximate surface area is 220 Å². The van der Waals surface area contributed by atoms with Crippen molar-refractivity contribution in [3.8, 4) is 22.7 Å². The van der Waals surface area contributed by atoms with E-state index in [1.807, 2.05) is 96.7 Å². The lowest BCUT2D eigenvalue weighted by Crippen LogP contribution is -2.30. The quantitative estimate of drug-likeness (QED) is 0.203. The van der Waals surface area contributed by atoms with Crippen LogP contribution in [-0.4, -0.2) is 38.1 Å². The summed E-state index contributed by atoms with van der Waals surface area (Å²) in [6.07, 6.45) is 4.60. The largest absolute Gasteiger partial charge is 0.494 e. The van der Waals surface area contributed by atoms with E-state index in [-0.39, 0.29) is 5.91 Å². The Morgan fingerprint density at radius 2 is 1.75 bits per heavy atom. The number of rotatable bonds is 8. The molecule has 0 unspecified atom stereocenters. The number of hydrogen-bond donors (Lipinski definition) is 0. The molecule has 0 bridgehead atoms. The maximum atomic E-state index is 13.3. The molecule has 1 saturated heterocycles. The van der Waals surface area contributed by atoms with Gasteiger partial charge in [-0.3, -0.25) is 9.69 Å². The molecule has 0 saturated carbocycles. The van der Waals surface area contributed by atoms with Crippen LogP contribution in [0.2, 0.25) is 0 Å². The second-order valence-corrected chi connectivity index (χ2v) is 9.92. The summed E-state index contributed by atoms with van der Waals surface area (Å²) in [6, 6.07) is 27.9. The molecular formula is C29H25N3O2S2. The van der Waals surface area contributed by atoms with Gasteiger partial charge in [0.15, 0.2) is 0 Å². The number of hydrogen-bond acceptors (Lipinski definition) is 5. The van der Waals surface area contributed by atoms with E-state index in [1.54, 1.807) is 4.90 Å². The maximum absolute atomic E-state index is 13.3. The van der Waals surface area contributed by atoms with E-state index >= 15 is 0 Å². The van der Waals surface area contributed by atoms with E-state index in [0.717, 1.165) is 34.7 Å². The van der Waals surface area contributed by atoms with Gasteiger partial charge in [0.1, 0.15) is 15.8 Å². The fourth-order valence-corrected chi connectivity index (χ4v) is 5.35. The van der Waals surface area contributed by atoms with Gasteiger partial charge in [0.05, 0.1) is 17.2 Å². The van der Waals surface area contributed by atoms with Gasteiger partial charge < -0.3 is 4.74 Å². The Balaban J connectivity index is 1.48. The fraction of sp³-hybridized carbons (Fsp3) is 0.138. The van der Waals surface area contributed by atoms with Crippen molar-refractivity contribution >= 4 is 40.3 Å². The van der Waals surface area contributed by atoms with Crippen molar-refractivity contribution in [2.45, 2.75) is 13.3 Å². The molecule has 0 aliphatic carbocycles. The topological polar surface area (TPSA) is 47.4 Å². The molecule has 7 heteroatoms. The zero-order valence-electron chi connectivity index (χ0n) is 19.8. The number of thioether (sulfide) groups is 1. The molecule has 4 aromatic rings. The van der Waals surface area contributed by atoms with Gasteiger partial charge in [-0.2, -0.15) is 5.10 Å². The maximum Gasteiger partial charge on any atom is 0.266 e. The van der Waals surface area contributed by atoms with E-state index in [2.05, 4.69) is 12.1 Å². The first-order valence-corrected chi connectivity index (χ1v) is 13.0. The average molecular weight is 512 g/mol. The predicted molar refractivity (Wildman–Crippen MR) is 150 cm³/mol. The zero-order valence-corrected chi connectivity index (χ0v) is 21.5. The second-order valence-electron chi connectivity index (χ2n) is 8.24. The standard InChI is InChI=1S/C29H25N3O2S2/c1-2-34-25-15-9-12-22(18-25)27-23(20-32(30-27)24-13-7-4-8-14-24)19-26-28(33)31(29(35)36-26)17-16-21-10-5-3-6-11-21/h3-15,18-20H,2,16-17H2,1H3/b26-19-. The van der Waals surface area contributed by atoms with E-state index in [9.17, 15) is 4.79 Å². The minimum atomic E-state index is -0.0672. The summed E-state index contributed by atoms with van der Waals surface area (Å²) in [5.41, 5.74) is 4.65. The van der Waals surface area contributed by atoms with Crippen LogP contribution in [0.5, 0.6) is 5.75 Å². The van der Waals surface area contributed by atoms with Crippen molar-refractivity contribution in [1.82, 2.24) is 14.7 Å². The first kappa shape index (κ1) is 24.0. The Morgan fingerprint density at radius 1 is 1.00 bits per heavy atom. The highest BCUT2D eigenvalue weighted by Crippen LogP contribution is 2.35. The van der Waals surface area contributed by atoms with Crippen molar-refractivity contribution in [1.29, 1.82) is 0 Å². The van der Waals surface area contributed by atoms with Crippen LogP contribution >= 0.6 is 24.0 Å². The minimum Gasteiger partial charge on any atom is -0.494 e. The number of aromatic nitrogens is 2. The number of thiocarbonyl (C=S) groups is 1. The van der Waals surface area contributed by atoms with Crippen molar-refractivity contribution in [3.05, 3.63) is 107 Å². The Morgan fingerprint density at radius 3 is 2.50 bits per heavy atom. The highest BCUT2D eigenvalue weighted by molar-refractivity contribution is 8.26. The third-order valence-corrected chi connectivity index (χ3v) is 7.19. The van der Waals surface area contributed by atoms with Crippen molar-refractivity contribution in [2.24, 2.45) is 0 Å². The van der Waals surface area contributed by atoms with Crippen LogP contribution in [-0.2, 0) is 11.2 Å². The number of carbonyl (C=O) groups excluding carboxylic acids is 1. The van der Waals surface area contributed by atoms with Crippen molar-refractivity contribution in [2.75, 3.05) is 13.2 Å². The molecule has 0 atom stereocenters. The van der Waals surface area contributed by atoms with Gasteiger partial charge in [0, 0.05) is 23.9 Å². The van der Waals surface area contributed by atoms with Gasteiger partial charge in [-0.1, -0.05) is 84.6 Å². The zero-order chi connectivity index (χ0) is 24.9. The summed E-state index contributed by atoms with van der Waals surface area (Å²) in [5, 5.41) is 4.88. The highest BCUT2D eigenvalue weighted by Gasteiger charge is 2.32. The molecule has 1 aromatic heterocycles. The summed E-state index contributed by atoms with van der Waals surface area (Å²) in [4.78, 5) is 15.6. The van der Waals surface area contributed by atoms with E-state index in [1.165, 1.54) is 17.3 Å². The number of amides is 1. The Kier molecular flexibility index (Phi) is 7.30. The molecule has 36 heavy (non-hydrogen) atoms. The Hall–Kier alpha value is -3.68. The molecule has 180 valence electrons. The summed E-state index contributed by atoms with van der Waals surface area (Å²) in [7, 11) is 0. The molecule has 1 aliphatic rings. The molecule has 0 N–H and O–H groups in total. The number of carbonyl (C=O) groups is 1. The van der Waals surface area contributed by atoms with Crippen LogP contribution in [0.1, 0.15) is 18.1 Å². The number of nitrogens with zero attached hydrogens (tertiary/aromatic N) is 3. The van der Waals surface area contributed by atoms with Crippen LogP contribution in [0.3, 0.4) is 0 Å². The molecule has 5 rings (SSSR count). The summed E-state index contributed by atoms with van der Waals surface area (Å²) in [6.45, 7) is 3.10. The predicted octanol–water partition coefficient (Wildman–Crippen LogP) is 6.38. The van der Waals surface area contributed by atoms with Gasteiger partial charge >= 0.3 is 0 Å². The lowest BCUT2D eigenvalue weighted by molar-refractivity contribution is -0.122. The van der Waals surface area contributed by atoms with Crippen LogP contribution in [0, 0.1) is 0 Å². The molecule has 0 radical (unpaired) electrons. The SMILES string of the molecule is CCOc1cccc(-c2nn(-c3ccccc3)cc2/C=C2\SC(=S)N(CCc3ccccc3)C2=O)c1. The molecule has 2 heterocycles. The van der Waals surface area contributed by atoms with Crippen LogP contribution in [0.25, 0.3) is 23.0 Å². The average Bonchev–Trinajstić information content (AvgIpc) is 3.45. The fourth-order valence-electron chi connectivity index (χ4n) is 4.05. The van der Waals surface area contributed by atoms with Gasteiger partial charge in [0.2, 0.25) is 0 Å². The second kappa shape index (κ2) is 10.9. The van der Waals surface area contributed by atoms with Crippen LogP contribution in [0.15, 0.2) is 96.0 Å². The molecule has 3 aromatic carbocycles. The van der Waals surface area contributed by atoms with E-state index < -0.39 is 0 Å². The summed E-state index contributed by atoms with van der Waals surface area (Å²) < 4.78 is 8.13. The van der Waals surface area contributed by atoms with Crippen LogP contribution in [0.4, 0.5) is 0 Å². The van der Waals surface area contributed by atoms with Crippen LogP contribution < -0.4 is 4.74 Å². The lowest BCUT2D eigenvalue weighted by atomic mass is 10.1. The molecule has 0 spiro atoms. The van der Waals surface area contributed by atoms with Gasteiger partial charge in [-0.25, -0.2) is 4.68 Å².